The fraction of sp³-hybridized carbons (Fsp3) is 0.154. The van der Waals surface area contributed by atoms with Crippen LogP contribution in [0.4, 0.5) is 5.69 Å². The second kappa shape index (κ2) is 9.79. The first kappa shape index (κ1) is 23.7. The highest BCUT2D eigenvalue weighted by atomic mass is 35.5. The van der Waals surface area contributed by atoms with E-state index in [-0.39, 0.29) is 11.3 Å². The van der Waals surface area contributed by atoms with Crippen LogP contribution in [0.2, 0.25) is 10.0 Å². The molecule has 3 aromatic carbocycles. The third-order valence-corrected chi connectivity index (χ3v) is 5.97. The zero-order valence-electron chi connectivity index (χ0n) is 18.4. The van der Waals surface area contributed by atoms with Gasteiger partial charge in [-0.15, -0.1) is 0 Å². The van der Waals surface area contributed by atoms with Crippen LogP contribution < -0.4 is 14.4 Å². The van der Waals surface area contributed by atoms with Crippen LogP contribution in [0.25, 0.3) is 5.76 Å². The molecule has 1 amide bonds. The molecule has 1 heterocycles. The van der Waals surface area contributed by atoms with E-state index >= 15 is 0 Å². The van der Waals surface area contributed by atoms with Gasteiger partial charge in [-0.1, -0.05) is 29.3 Å². The Morgan fingerprint density at radius 3 is 2.15 bits per heavy atom. The van der Waals surface area contributed by atoms with Crippen LogP contribution in [-0.2, 0) is 9.59 Å². The van der Waals surface area contributed by atoms with E-state index in [2.05, 4.69) is 0 Å². The number of methoxy groups -OCH3 is 1. The van der Waals surface area contributed by atoms with Crippen LogP contribution in [0.5, 0.6) is 11.5 Å². The highest BCUT2D eigenvalue weighted by Gasteiger charge is 2.47. The molecule has 0 aromatic heterocycles. The summed E-state index contributed by atoms with van der Waals surface area (Å²) in [6, 6.07) is 17.2. The fourth-order valence-corrected chi connectivity index (χ4v) is 4.16. The number of hydrogen-bond donors (Lipinski definition) is 1. The van der Waals surface area contributed by atoms with Gasteiger partial charge in [0, 0.05) is 21.3 Å². The number of aliphatic hydroxyl groups excluding tert-OH is 1. The zero-order valence-corrected chi connectivity index (χ0v) is 19.9. The Morgan fingerprint density at radius 1 is 0.941 bits per heavy atom. The molecule has 4 rings (SSSR count). The van der Waals surface area contributed by atoms with E-state index in [4.69, 9.17) is 32.7 Å². The molecule has 1 unspecified atom stereocenters. The summed E-state index contributed by atoms with van der Waals surface area (Å²) >= 11 is 12.0. The second-order valence-corrected chi connectivity index (χ2v) is 8.37. The van der Waals surface area contributed by atoms with E-state index in [1.807, 2.05) is 6.92 Å². The number of ether oxygens (including phenoxy) is 2. The molecule has 0 radical (unpaired) electrons. The minimum Gasteiger partial charge on any atom is -0.507 e. The number of benzene rings is 3. The molecule has 0 aliphatic carbocycles. The summed E-state index contributed by atoms with van der Waals surface area (Å²) in [5, 5.41) is 12.1. The Morgan fingerprint density at radius 2 is 1.56 bits per heavy atom. The van der Waals surface area contributed by atoms with Crippen LogP contribution >= 0.6 is 23.2 Å². The Bertz CT molecular complexity index is 1270. The van der Waals surface area contributed by atoms with E-state index in [0.717, 1.165) is 0 Å². The lowest BCUT2D eigenvalue weighted by Crippen LogP contribution is -2.29. The predicted molar refractivity (Wildman–Crippen MR) is 132 cm³/mol. The first-order valence-electron chi connectivity index (χ1n) is 10.5. The number of nitrogens with zero attached hydrogens (tertiary/aromatic N) is 1. The van der Waals surface area contributed by atoms with Crippen LogP contribution in [0.15, 0.2) is 72.3 Å². The number of Topliss-reactive ketones (excluding diaryl/α,β-unsaturated/α-hetero) is 1. The molecule has 1 fully saturated rings. The van der Waals surface area contributed by atoms with Crippen molar-refractivity contribution in [3.8, 4) is 11.5 Å². The van der Waals surface area contributed by atoms with Crippen molar-refractivity contribution in [1.29, 1.82) is 0 Å². The maximum Gasteiger partial charge on any atom is 0.300 e. The van der Waals surface area contributed by atoms with Crippen LogP contribution in [-0.4, -0.2) is 30.5 Å². The van der Waals surface area contributed by atoms with Crippen LogP contribution in [0, 0.1) is 0 Å². The summed E-state index contributed by atoms with van der Waals surface area (Å²) in [7, 11) is 1.53. The van der Waals surface area contributed by atoms with Crippen molar-refractivity contribution in [2.45, 2.75) is 13.0 Å². The maximum absolute atomic E-state index is 13.2. The van der Waals surface area contributed by atoms with E-state index in [1.165, 1.54) is 12.0 Å². The van der Waals surface area contributed by atoms with Gasteiger partial charge in [-0.3, -0.25) is 14.5 Å². The largest absolute Gasteiger partial charge is 0.507 e. The molecule has 1 N–H and O–H groups in total. The Labute approximate surface area is 206 Å². The highest BCUT2D eigenvalue weighted by molar-refractivity contribution is 6.51. The van der Waals surface area contributed by atoms with Crippen molar-refractivity contribution in [1.82, 2.24) is 0 Å². The SMILES string of the molecule is CCOc1cc(C2/C(=C(/O)c3ccc(Cl)cc3)C(=O)C(=O)N2c2ccc(Cl)cc2)ccc1OC. The summed E-state index contributed by atoms with van der Waals surface area (Å²) < 4.78 is 11.1. The Hall–Kier alpha value is -3.48. The third-order valence-electron chi connectivity index (χ3n) is 5.47. The van der Waals surface area contributed by atoms with Gasteiger partial charge in [-0.2, -0.15) is 0 Å². The fourth-order valence-electron chi connectivity index (χ4n) is 3.91. The lowest BCUT2D eigenvalue weighted by Gasteiger charge is -2.26. The van der Waals surface area contributed by atoms with Gasteiger partial charge in [0.2, 0.25) is 0 Å². The molecule has 174 valence electrons. The number of hydrogen-bond acceptors (Lipinski definition) is 5. The first-order valence-corrected chi connectivity index (χ1v) is 11.2. The average molecular weight is 498 g/mol. The smallest absolute Gasteiger partial charge is 0.300 e. The Kier molecular flexibility index (Phi) is 6.82. The van der Waals surface area contributed by atoms with Gasteiger partial charge in [-0.05, 0) is 73.2 Å². The molecule has 1 aliphatic rings. The quantitative estimate of drug-likeness (QED) is 0.255. The molecule has 0 bridgehead atoms. The lowest BCUT2D eigenvalue weighted by atomic mass is 9.94. The average Bonchev–Trinajstić information content (AvgIpc) is 3.10. The van der Waals surface area contributed by atoms with Crippen molar-refractivity contribution in [3.63, 3.8) is 0 Å². The molecule has 1 atom stereocenters. The normalized spacial score (nSPS) is 17.2. The van der Waals surface area contributed by atoms with E-state index in [1.54, 1.807) is 66.7 Å². The number of amides is 1. The van der Waals surface area contributed by atoms with Gasteiger partial charge >= 0.3 is 0 Å². The highest BCUT2D eigenvalue weighted by Crippen LogP contribution is 2.44. The summed E-state index contributed by atoms with van der Waals surface area (Å²) in [4.78, 5) is 27.8. The number of anilines is 1. The van der Waals surface area contributed by atoms with Crippen molar-refractivity contribution in [2.75, 3.05) is 18.6 Å². The minimum atomic E-state index is -0.915. The third kappa shape index (κ3) is 4.34. The number of rotatable bonds is 6. The summed E-state index contributed by atoms with van der Waals surface area (Å²) in [5.74, 6) is -0.912. The second-order valence-electron chi connectivity index (χ2n) is 7.50. The molecule has 6 nitrogen and oxygen atoms in total. The van der Waals surface area contributed by atoms with Crippen LogP contribution in [0.3, 0.4) is 0 Å². The molecular formula is C26H21Cl2NO5. The molecule has 0 saturated carbocycles. The first-order chi connectivity index (χ1) is 16.3. The Balaban J connectivity index is 1.95. The van der Waals surface area contributed by atoms with E-state index in [0.29, 0.717) is 45.0 Å². The topological polar surface area (TPSA) is 76.1 Å². The monoisotopic (exact) mass is 497 g/mol. The van der Waals surface area contributed by atoms with Gasteiger partial charge in [-0.25, -0.2) is 0 Å². The summed E-state index contributed by atoms with van der Waals surface area (Å²) in [6.07, 6.45) is 0. The van der Waals surface area contributed by atoms with Crippen molar-refractivity contribution >= 4 is 46.3 Å². The van der Waals surface area contributed by atoms with Gasteiger partial charge in [0.25, 0.3) is 11.7 Å². The number of ketones is 1. The van der Waals surface area contributed by atoms with E-state index in [9.17, 15) is 14.7 Å². The molecule has 34 heavy (non-hydrogen) atoms. The van der Waals surface area contributed by atoms with Gasteiger partial charge < -0.3 is 14.6 Å². The minimum absolute atomic E-state index is 0.0464. The van der Waals surface area contributed by atoms with Gasteiger partial charge in [0.05, 0.1) is 25.3 Å². The molecule has 1 saturated heterocycles. The standard InChI is InChI=1S/C26H21Cl2NO5/c1-3-34-21-14-16(6-13-20(21)33-2)23-22(24(30)15-4-7-17(27)8-5-15)25(31)26(32)29(23)19-11-9-18(28)10-12-19/h4-14,23,30H,3H2,1-2H3/b24-22-. The van der Waals surface area contributed by atoms with Gasteiger partial charge in [0.15, 0.2) is 11.5 Å². The van der Waals surface area contributed by atoms with Crippen molar-refractivity contribution in [2.24, 2.45) is 0 Å². The molecule has 0 spiro atoms. The molecule has 8 heteroatoms. The predicted octanol–water partition coefficient (Wildman–Crippen LogP) is 6.03. The zero-order chi connectivity index (χ0) is 24.4. The van der Waals surface area contributed by atoms with E-state index < -0.39 is 17.7 Å². The summed E-state index contributed by atoms with van der Waals surface area (Å²) in [6.45, 7) is 2.23. The van der Waals surface area contributed by atoms with Crippen molar-refractivity contribution < 1.29 is 24.2 Å². The molecule has 3 aromatic rings. The lowest BCUT2D eigenvalue weighted by molar-refractivity contribution is -0.132. The number of carbonyl (C=O) groups excluding carboxylic acids is 2. The number of carbonyl (C=O) groups is 2. The molecular weight excluding hydrogens is 477 g/mol. The van der Waals surface area contributed by atoms with Crippen LogP contribution in [0.1, 0.15) is 24.1 Å². The van der Waals surface area contributed by atoms with Gasteiger partial charge in [0.1, 0.15) is 5.76 Å². The number of aliphatic hydroxyl groups is 1. The van der Waals surface area contributed by atoms with Crippen molar-refractivity contribution in [3.05, 3.63) is 93.5 Å². The number of halogens is 2. The molecule has 1 aliphatic heterocycles. The maximum atomic E-state index is 13.2. The summed E-state index contributed by atoms with van der Waals surface area (Å²) in [5.41, 5.74) is 1.34.